The van der Waals surface area contributed by atoms with Gasteiger partial charge in [-0.2, -0.15) is 0 Å². The van der Waals surface area contributed by atoms with Crippen molar-refractivity contribution in [2.45, 2.75) is 44.7 Å². The number of nitrogens with one attached hydrogen (secondary N) is 2. The van der Waals surface area contributed by atoms with Gasteiger partial charge in [0.1, 0.15) is 6.04 Å². The number of amides is 4. The number of hydrogen-bond acceptors (Lipinski definition) is 6. The minimum absolute atomic E-state index is 0.00555. The van der Waals surface area contributed by atoms with Crippen LogP contribution in [0.4, 0.5) is 4.79 Å². The summed E-state index contributed by atoms with van der Waals surface area (Å²) in [4.78, 5) is 55.6. The van der Waals surface area contributed by atoms with E-state index in [1.54, 1.807) is 0 Å². The van der Waals surface area contributed by atoms with Crippen molar-refractivity contribution >= 4 is 34.6 Å². The first-order valence-electron chi connectivity index (χ1n) is 11.1. The van der Waals surface area contributed by atoms with E-state index in [1.165, 1.54) is 0 Å². The number of unbranched alkanes of at least 4 members (excludes halogenated alkanes) is 1. The smallest absolute Gasteiger partial charge is 0.350 e. The molecule has 9 heteroatoms. The second kappa shape index (κ2) is 11.4. The van der Waals surface area contributed by atoms with Gasteiger partial charge in [0.2, 0.25) is 5.91 Å². The fraction of sp³-hybridized carbons (Fsp3) is 0.417. The Hall–Kier alpha value is -3.46. The molecule has 0 spiro atoms. The molecule has 3 rings (SSSR count). The van der Waals surface area contributed by atoms with Gasteiger partial charge in [0.15, 0.2) is 0 Å². The average Bonchev–Trinajstić information content (AvgIpc) is 3.11. The molecule has 0 saturated carbocycles. The van der Waals surface area contributed by atoms with E-state index < -0.39 is 23.9 Å². The molecule has 1 saturated heterocycles. The highest BCUT2D eigenvalue weighted by atomic mass is 16.7. The Bertz CT molecular complexity index is 1000. The Labute approximate surface area is 193 Å². The summed E-state index contributed by atoms with van der Waals surface area (Å²) >= 11 is 0. The van der Waals surface area contributed by atoms with E-state index in [-0.39, 0.29) is 18.7 Å². The lowest BCUT2D eigenvalue weighted by Gasteiger charge is -2.20. The van der Waals surface area contributed by atoms with Gasteiger partial charge in [0.05, 0.1) is 0 Å². The molecule has 1 aliphatic rings. The van der Waals surface area contributed by atoms with Crippen LogP contribution in [0.25, 0.3) is 10.8 Å². The molecule has 1 unspecified atom stereocenters. The molecule has 0 aromatic heterocycles. The topological polar surface area (TPSA) is 108 Å². The van der Waals surface area contributed by atoms with E-state index in [0.29, 0.717) is 24.4 Å². The zero-order valence-electron chi connectivity index (χ0n) is 19.0. The van der Waals surface area contributed by atoms with Gasteiger partial charge in [-0.1, -0.05) is 42.5 Å². The number of rotatable bonds is 10. The lowest BCUT2D eigenvalue weighted by atomic mass is 10.0. The first kappa shape index (κ1) is 24.2. The van der Waals surface area contributed by atoms with E-state index in [0.717, 1.165) is 29.3 Å². The van der Waals surface area contributed by atoms with Crippen molar-refractivity contribution in [1.82, 2.24) is 20.6 Å². The van der Waals surface area contributed by atoms with Crippen LogP contribution in [0.5, 0.6) is 0 Å². The second-order valence-electron chi connectivity index (χ2n) is 8.31. The van der Waals surface area contributed by atoms with Crippen LogP contribution in [0.15, 0.2) is 42.5 Å². The van der Waals surface area contributed by atoms with Gasteiger partial charge in [-0.05, 0) is 56.2 Å². The fourth-order valence-electron chi connectivity index (χ4n) is 3.71. The number of carbonyl (C=O) groups excluding carboxylic acids is 4. The molecule has 0 radical (unpaired) electrons. The molecule has 1 fully saturated rings. The highest BCUT2D eigenvalue weighted by Crippen LogP contribution is 2.18. The van der Waals surface area contributed by atoms with Crippen molar-refractivity contribution < 1.29 is 24.0 Å². The maximum Gasteiger partial charge on any atom is 0.432 e. The monoisotopic (exact) mass is 454 g/mol. The SMILES string of the molecule is CN(C)CCCCC(NC(=O)ON1C(=O)CCC1=O)C(=O)NCc1cccc2ccccc12. The third-order valence-electron chi connectivity index (χ3n) is 5.47. The fourth-order valence-corrected chi connectivity index (χ4v) is 3.71. The van der Waals surface area contributed by atoms with Crippen LogP contribution in [0.2, 0.25) is 0 Å². The normalized spacial score (nSPS) is 14.6. The van der Waals surface area contributed by atoms with Crippen molar-refractivity contribution in [3.63, 3.8) is 0 Å². The maximum absolute atomic E-state index is 12.9. The number of carbonyl (C=O) groups is 4. The van der Waals surface area contributed by atoms with Crippen LogP contribution in [0.1, 0.15) is 37.7 Å². The van der Waals surface area contributed by atoms with Crippen LogP contribution in [-0.4, -0.2) is 60.5 Å². The van der Waals surface area contributed by atoms with Crippen LogP contribution < -0.4 is 10.6 Å². The summed E-state index contributed by atoms with van der Waals surface area (Å²) in [7, 11) is 3.93. The zero-order valence-corrected chi connectivity index (χ0v) is 19.0. The van der Waals surface area contributed by atoms with E-state index >= 15 is 0 Å². The molecule has 1 heterocycles. The van der Waals surface area contributed by atoms with Crippen molar-refractivity contribution in [3.05, 3.63) is 48.0 Å². The van der Waals surface area contributed by atoms with Gasteiger partial charge < -0.3 is 20.4 Å². The molecule has 2 aromatic rings. The molecule has 0 aliphatic carbocycles. The molecule has 33 heavy (non-hydrogen) atoms. The summed E-state index contributed by atoms with van der Waals surface area (Å²) in [6.07, 6.45) is 0.951. The minimum Gasteiger partial charge on any atom is -0.350 e. The number of benzene rings is 2. The summed E-state index contributed by atoms with van der Waals surface area (Å²) in [5, 5.41) is 7.99. The van der Waals surface area contributed by atoms with Gasteiger partial charge in [0, 0.05) is 19.4 Å². The quantitative estimate of drug-likeness (QED) is 0.421. The Balaban J connectivity index is 1.62. The Morgan fingerprint density at radius 3 is 2.45 bits per heavy atom. The van der Waals surface area contributed by atoms with Gasteiger partial charge in [-0.15, -0.1) is 5.06 Å². The first-order chi connectivity index (χ1) is 15.8. The molecule has 4 amide bonds. The van der Waals surface area contributed by atoms with E-state index in [2.05, 4.69) is 10.6 Å². The molecule has 176 valence electrons. The number of imide groups is 1. The predicted molar refractivity (Wildman–Crippen MR) is 123 cm³/mol. The lowest BCUT2D eigenvalue weighted by molar-refractivity contribution is -0.171. The maximum atomic E-state index is 12.9. The second-order valence-corrected chi connectivity index (χ2v) is 8.31. The van der Waals surface area contributed by atoms with Crippen molar-refractivity contribution in [3.8, 4) is 0 Å². The van der Waals surface area contributed by atoms with Gasteiger partial charge in [-0.3, -0.25) is 14.4 Å². The Morgan fingerprint density at radius 1 is 1.03 bits per heavy atom. The highest BCUT2D eigenvalue weighted by molar-refractivity contribution is 6.01. The van der Waals surface area contributed by atoms with Crippen molar-refractivity contribution in [2.75, 3.05) is 20.6 Å². The molecule has 1 aliphatic heterocycles. The molecule has 9 nitrogen and oxygen atoms in total. The summed E-state index contributed by atoms with van der Waals surface area (Å²) in [5.41, 5.74) is 0.962. The molecule has 0 bridgehead atoms. The summed E-state index contributed by atoms with van der Waals surface area (Å²) in [6, 6.07) is 12.9. The summed E-state index contributed by atoms with van der Waals surface area (Å²) < 4.78 is 0. The van der Waals surface area contributed by atoms with E-state index in [4.69, 9.17) is 4.84 Å². The molecular formula is C24H30N4O5. The Morgan fingerprint density at radius 2 is 1.73 bits per heavy atom. The summed E-state index contributed by atoms with van der Waals surface area (Å²) in [6.45, 7) is 1.15. The average molecular weight is 455 g/mol. The van der Waals surface area contributed by atoms with Crippen molar-refractivity contribution in [2.24, 2.45) is 0 Å². The van der Waals surface area contributed by atoms with E-state index in [1.807, 2.05) is 61.5 Å². The lowest BCUT2D eigenvalue weighted by Crippen LogP contribution is -2.48. The molecule has 1 atom stereocenters. The van der Waals surface area contributed by atoms with Gasteiger partial charge in [-0.25, -0.2) is 4.79 Å². The number of nitrogens with zero attached hydrogens (tertiary/aromatic N) is 2. The Kier molecular flexibility index (Phi) is 8.37. The number of fused-ring (bicyclic) bond motifs is 1. The zero-order chi connectivity index (χ0) is 23.8. The largest absolute Gasteiger partial charge is 0.432 e. The predicted octanol–water partition coefficient (Wildman–Crippen LogP) is 2.35. The third-order valence-corrected chi connectivity index (χ3v) is 5.47. The first-order valence-corrected chi connectivity index (χ1v) is 11.1. The molecular weight excluding hydrogens is 424 g/mol. The summed E-state index contributed by atoms with van der Waals surface area (Å²) in [5.74, 6) is -1.50. The van der Waals surface area contributed by atoms with Crippen LogP contribution in [0, 0.1) is 0 Å². The highest BCUT2D eigenvalue weighted by Gasteiger charge is 2.33. The molecule has 2 aromatic carbocycles. The third kappa shape index (κ3) is 6.76. The van der Waals surface area contributed by atoms with Crippen LogP contribution in [0.3, 0.4) is 0 Å². The van der Waals surface area contributed by atoms with Gasteiger partial charge in [0.25, 0.3) is 11.8 Å². The molecule has 2 N–H and O–H groups in total. The van der Waals surface area contributed by atoms with Crippen molar-refractivity contribution in [1.29, 1.82) is 0 Å². The van der Waals surface area contributed by atoms with Crippen LogP contribution in [-0.2, 0) is 25.8 Å². The number of hydrogen-bond donors (Lipinski definition) is 2. The standard InChI is InChI=1S/C24H30N4O5/c1-27(2)15-6-5-12-20(26-24(32)33-28-21(29)13-14-22(28)30)23(31)25-16-18-10-7-9-17-8-3-4-11-19(17)18/h3-4,7-11,20H,5-6,12-16H2,1-2H3,(H,25,31)(H,26,32). The number of hydroxylamine groups is 2. The van der Waals surface area contributed by atoms with Crippen LogP contribution >= 0.6 is 0 Å². The van der Waals surface area contributed by atoms with Gasteiger partial charge >= 0.3 is 6.09 Å². The van der Waals surface area contributed by atoms with E-state index in [9.17, 15) is 19.2 Å². The minimum atomic E-state index is -1.00.